The third-order valence-electron chi connectivity index (χ3n) is 3.51. The molecule has 1 aromatic carbocycles. The van der Waals surface area contributed by atoms with Crippen molar-refractivity contribution in [2.45, 2.75) is 38.8 Å². The van der Waals surface area contributed by atoms with Crippen molar-refractivity contribution in [1.82, 2.24) is 5.43 Å². The molecule has 0 aromatic heterocycles. The van der Waals surface area contributed by atoms with E-state index in [4.69, 9.17) is 10.6 Å². The number of nitrogens with one attached hydrogen (secondary N) is 1. The molecule has 0 heterocycles. The van der Waals surface area contributed by atoms with Gasteiger partial charge in [-0.2, -0.15) is 0 Å². The molecule has 0 amide bonds. The van der Waals surface area contributed by atoms with E-state index >= 15 is 0 Å². The Bertz CT molecular complexity index is 407. The summed E-state index contributed by atoms with van der Waals surface area (Å²) in [7, 11) is 0. The van der Waals surface area contributed by atoms with Crippen molar-refractivity contribution >= 4 is 0 Å². The van der Waals surface area contributed by atoms with Gasteiger partial charge >= 0.3 is 0 Å². The Morgan fingerprint density at radius 3 is 2.72 bits per heavy atom. The maximum Gasteiger partial charge on any atom is 0.126 e. The highest BCUT2D eigenvalue weighted by atomic mass is 19.1. The standard InChI is InChI=1S/C14H21FN2O/c1-3-18-14(10-6-7-10)13(17-16)11-5-4-9(2)12(15)8-11/h4-5,8,10,13-14,17H,3,6-7,16H2,1-2H3. The maximum absolute atomic E-state index is 13.6. The predicted molar refractivity (Wildman–Crippen MR) is 69.3 cm³/mol. The Kier molecular flexibility index (Phi) is 4.32. The molecule has 1 aromatic rings. The van der Waals surface area contributed by atoms with E-state index < -0.39 is 0 Å². The minimum atomic E-state index is -0.196. The van der Waals surface area contributed by atoms with Gasteiger partial charge in [-0.1, -0.05) is 12.1 Å². The van der Waals surface area contributed by atoms with Gasteiger partial charge in [0.15, 0.2) is 0 Å². The highest BCUT2D eigenvalue weighted by Crippen LogP contribution is 2.40. The van der Waals surface area contributed by atoms with E-state index in [1.54, 1.807) is 19.1 Å². The first-order valence-electron chi connectivity index (χ1n) is 6.51. The largest absolute Gasteiger partial charge is 0.376 e. The molecule has 1 aliphatic carbocycles. The van der Waals surface area contributed by atoms with Gasteiger partial charge in [0.05, 0.1) is 12.1 Å². The van der Waals surface area contributed by atoms with Gasteiger partial charge < -0.3 is 4.74 Å². The fourth-order valence-corrected chi connectivity index (χ4v) is 2.30. The smallest absolute Gasteiger partial charge is 0.126 e. The van der Waals surface area contributed by atoms with Crippen LogP contribution in [0.3, 0.4) is 0 Å². The minimum Gasteiger partial charge on any atom is -0.376 e. The van der Waals surface area contributed by atoms with Crippen LogP contribution in [-0.4, -0.2) is 12.7 Å². The van der Waals surface area contributed by atoms with Gasteiger partial charge in [-0.3, -0.25) is 11.3 Å². The van der Waals surface area contributed by atoms with Gasteiger partial charge in [0.2, 0.25) is 0 Å². The van der Waals surface area contributed by atoms with Crippen molar-refractivity contribution in [2.24, 2.45) is 11.8 Å². The number of nitrogens with two attached hydrogens (primary N) is 1. The van der Waals surface area contributed by atoms with Crippen LogP contribution in [0.1, 0.15) is 36.9 Å². The Morgan fingerprint density at radius 1 is 1.50 bits per heavy atom. The van der Waals surface area contributed by atoms with E-state index in [0.29, 0.717) is 18.1 Å². The molecule has 2 rings (SSSR count). The zero-order chi connectivity index (χ0) is 13.1. The van der Waals surface area contributed by atoms with Gasteiger partial charge in [0.25, 0.3) is 0 Å². The average molecular weight is 252 g/mol. The number of halogens is 1. The van der Waals surface area contributed by atoms with E-state index in [1.807, 2.05) is 13.0 Å². The molecule has 4 heteroatoms. The molecule has 100 valence electrons. The molecule has 0 aliphatic heterocycles. The second kappa shape index (κ2) is 5.78. The molecule has 3 N–H and O–H groups in total. The lowest BCUT2D eigenvalue weighted by atomic mass is 9.97. The molecule has 0 radical (unpaired) electrons. The van der Waals surface area contributed by atoms with Crippen LogP contribution in [0.5, 0.6) is 0 Å². The summed E-state index contributed by atoms with van der Waals surface area (Å²) in [4.78, 5) is 0. The Hall–Kier alpha value is -0.970. The number of hydrogen-bond donors (Lipinski definition) is 2. The van der Waals surface area contributed by atoms with Crippen molar-refractivity contribution < 1.29 is 9.13 Å². The normalized spacial score (nSPS) is 18.7. The summed E-state index contributed by atoms with van der Waals surface area (Å²) >= 11 is 0. The maximum atomic E-state index is 13.6. The van der Waals surface area contributed by atoms with Gasteiger partial charge in [-0.25, -0.2) is 4.39 Å². The summed E-state index contributed by atoms with van der Waals surface area (Å²) in [6, 6.07) is 5.10. The number of hydrazine groups is 1. The summed E-state index contributed by atoms with van der Waals surface area (Å²) in [6.45, 7) is 4.37. The zero-order valence-corrected chi connectivity index (χ0v) is 10.9. The van der Waals surface area contributed by atoms with Crippen LogP contribution in [-0.2, 0) is 4.74 Å². The summed E-state index contributed by atoms with van der Waals surface area (Å²) in [5.41, 5.74) is 4.28. The van der Waals surface area contributed by atoms with Crippen LogP contribution in [0.25, 0.3) is 0 Å². The summed E-state index contributed by atoms with van der Waals surface area (Å²) in [6.07, 6.45) is 2.36. The highest BCUT2D eigenvalue weighted by molar-refractivity contribution is 5.27. The predicted octanol–water partition coefficient (Wildman–Crippen LogP) is 2.45. The molecule has 1 fully saturated rings. The molecule has 0 bridgehead atoms. The van der Waals surface area contributed by atoms with Crippen molar-refractivity contribution in [3.05, 3.63) is 35.1 Å². The second-order valence-electron chi connectivity index (χ2n) is 4.91. The first-order chi connectivity index (χ1) is 8.67. The fraction of sp³-hybridized carbons (Fsp3) is 0.571. The highest BCUT2D eigenvalue weighted by Gasteiger charge is 2.37. The Labute approximate surface area is 107 Å². The van der Waals surface area contributed by atoms with Gasteiger partial charge in [0.1, 0.15) is 5.82 Å². The lowest BCUT2D eigenvalue weighted by molar-refractivity contribution is 0.0185. The third-order valence-corrected chi connectivity index (χ3v) is 3.51. The van der Waals surface area contributed by atoms with E-state index in [9.17, 15) is 4.39 Å². The molecule has 0 saturated heterocycles. The molecular formula is C14H21FN2O. The van der Waals surface area contributed by atoms with Crippen molar-refractivity contribution in [1.29, 1.82) is 0 Å². The van der Waals surface area contributed by atoms with E-state index in [1.165, 1.54) is 0 Å². The number of ether oxygens (including phenoxy) is 1. The first-order valence-corrected chi connectivity index (χ1v) is 6.51. The van der Waals surface area contributed by atoms with Crippen LogP contribution in [0, 0.1) is 18.7 Å². The fourth-order valence-electron chi connectivity index (χ4n) is 2.30. The topological polar surface area (TPSA) is 47.3 Å². The van der Waals surface area contributed by atoms with Crippen molar-refractivity contribution in [3.8, 4) is 0 Å². The lowest BCUT2D eigenvalue weighted by Crippen LogP contribution is -2.39. The minimum absolute atomic E-state index is 0.0297. The number of hydrogen-bond acceptors (Lipinski definition) is 3. The lowest BCUT2D eigenvalue weighted by Gasteiger charge is -2.27. The van der Waals surface area contributed by atoms with E-state index in [0.717, 1.165) is 18.4 Å². The first kappa shape index (κ1) is 13.5. The van der Waals surface area contributed by atoms with Crippen LogP contribution in [0.2, 0.25) is 0 Å². The molecule has 2 unspecified atom stereocenters. The molecule has 1 aliphatic rings. The van der Waals surface area contributed by atoms with Crippen molar-refractivity contribution in [2.75, 3.05) is 6.61 Å². The number of aryl methyl sites for hydroxylation is 1. The van der Waals surface area contributed by atoms with Gasteiger partial charge in [-0.05, 0) is 49.8 Å². The molecular weight excluding hydrogens is 231 g/mol. The monoisotopic (exact) mass is 252 g/mol. The van der Waals surface area contributed by atoms with Gasteiger partial charge in [0, 0.05) is 6.61 Å². The summed E-state index contributed by atoms with van der Waals surface area (Å²) in [5.74, 6) is 5.98. The molecule has 1 saturated carbocycles. The molecule has 0 spiro atoms. The SMILES string of the molecule is CCOC(C1CC1)C(NN)c1ccc(C)c(F)c1. The third kappa shape index (κ3) is 2.88. The Morgan fingerprint density at radius 2 is 2.22 bits per heavy atom. The van der Waals surface area contributed by atoms with Crippen LogP contribution < -0.4 is 11.3 Å². The quantitative estimate of drug-likeness (QED) is 0.604. The van der Waals surface area contributed by atoms with Gasteiger partial charge in [-0.15, -0.1) is 0 Å². The second-order valence-corrected chi connectivity index (χ2v) is 4.91. The van der Waals surface area contributed by atoms with Crippen LogP contribution >= 0.6 is 0 Å². The average Bonchev–Trinajstić information content (AvgIpc) is 3.17. The molecule has 3 nitrogen and oxygen atoms in total. The number of rotatable bonds is 6. The van der Waals surface area contributed by atoms with Crippen LogP contribution in [0.4, 0.5) is 4.39 Å². The molecule has 2 atom stereocenters. The molecule has 18 heavy (non-hydrogen) atoms. The summed E-state index contributed by atoms with van der Waals surface area (Å²) < 4.78 is 19.4. The summed E-state index contributed by atoms with van der Waals surface area (Å²) in [5, 5.41) is 0. The number of benzene rings is 1. The van der Waals surface area contributed by atoms with Crippen molar-refractivity contribution in [3.63, 3.8) is 0 Å². The Balaban J connectivity index is 2.22. The zero-order valence-electron chi connectivity index (χ0n) is 10.9. The van der Waals surface area contributed by atoms with E-state index in [-0.39, 0.29) is 18.0 Å². The van der Waals surface area contributed by atoms with E-state index in [2.05, 4.69) is 5.43 Å². The van der Waals surface area contributed by atoms with Crippen LogP contribution in [0.15, 0.2) is 18.2 Å².